The van der Waals surface area contributed by atoms with E-state index in [-0.39, 0.29) is 11.9 Å². The molecule has 1 N–H and O–H groups in total. The van der Waals surface area contributed by atoms with E-state index in [1.165, 1.54) is 6.20 Å². The quantitative estimate of drug-likeness (QED) is 0.896. The van der Waals surface area contributed by atoms with Gasteiger partial charge in [-0.3, -0.25) is 9.67 Å². The molecule has 4 nitrogen and oxygen atoms in total. The predicted molar refractivity (Wildman–Crippen MR) is 67.6 cm³/mol. The van der Waals surface area contributed by atoms with Gasteiger partial charge in [0.1, 0.15) is 5.82 Å². The number of nitrogens with zero attached hydrogens (tertiary/aromatic N) is 3. The van der Waals surface area contributed by atoms with Crippen molar-refractivity contribution in [3.05, 3.63) is 47.3 Å². The second kappa shape index (κ2) is 5.27. The third-order valence-electron chi connectivity index (χ3n) is 3.04. The highest BCUT2D eigenvalue weighted by Gasteiger charge is 2.16. The van der Waals surface area contributed by atoms with Gasteiger partial charge >= 0.3 is 0 Å². The molecular weight excluding hydrogens is 231 g/mol. The van der Waals surface area contributed by atoms with E-state index < -0.39 is 0 Å². The zero-order chi connectivity index (χ0) is 13.1. The average Bonchev–Trinajstić information content (AvgIpc) is 2.66. The van der Waals surface area contributed by atoms with Crippen LogP contribution in [0.2, 0.25) is 0 Å². The number of hydrogen-bond acceptors (Lipinski definition) is 3. The van der Waals surface area contributed by atoms with Crippen LogP contribution in [0.25, 0.3) is 0 Å². The van der Waals surface area contributed by atoms with Crippen molar-refractivity contribution < 1.29 is 4.39 Å². The summed E-state index contributed by atoms with van der Waals surface area (Å²) in [6.07, 6.45) is 3.54. The second-order valence-corrected chi connectivity index (χ2v) is 4.34. The Morgan fingerprint density at radius 1 is 1.50 bits per heavy atom. The fourth-order valence-corrected chi connectivity index (χ4v) is 2.10. The molecule has 1 atom stereocenters. The molecule has 2 aromatic heterocycles. The van der Waals surface area contributed by atoms with Gasteiger partial charge in [0.15, 0.2) is 0 Å². The highest BCUT2D eigenvalue weighted by atomic mass is 19.1. The standard InChI is InChI=1S/C13H17FN4/c1-9-6-10(18(3)17-9)7-13(15-2)11-4-5-16-8-12(11)14/h4-6,8,13,15H,7H2,1-3H3. The van der Waals surface area contributed by atoms with Crippen LogP contribution in [0.15, 0.2) is 24.5 Å². The summed E-state index contributed by atoms with van der Waals surface area (Å²) in [6.45, 7) is 1.95. The first-order chi connectivity index (χ1) is 8.61. The molecule has 96 valence electrons. The van der Waals surface area contributed by atoms with E-state index in [0.29, 0.717) is 12.0 Å². The predicted octanol–water partition coefficient (Wildman–Crippen LogP) is 1.77. The zero-order valence-corrected chi connectivity index (χ0v) is 10.8. The molecule has 2 aromatic rings. The zero-order valence-electron chi connectivity index (χ0n) is 10.8. The van der Waals surface area contributed by atoms with E-state index in [2.05, 4.69) is 15.4 Å². The van der Waals surface area contributed by atoms with Gasteiger partial charge in [0, 0.05) is 37.0 Å². The van der Waals surface area contributed by atoms with Gasteiger partial charge in [-0.2, -0.15) is 5.10 Å². The van der Waals surface area contributed by atoms with Crippen LogP contribution in [-0.4, -0.2) is 21.8 Å². The molecule has 5 heteroatoms. The van der Waals surface area contributed by atoms with Crippen molar-refractivity contribution in [2.24, 2.45) is 7.05 Å². The minimum absolute atomic E-state index is 0.0807. The van der Waals surface area contributed by atoms with Crippen LogP contribution >= 0.6 is 0 Å². The second-order valence-electron chi connectivity index (χ2n) is 4.34. The van der Waals surface area contributed by atoms with Crippen LogP contribution in [-0.2, 0) is 13.5 Å². The SMILES string of the molecule is CNC(Cc1cc(C)nn1C)c1ccncc1F. The smallest absolute Gasteiger partial charge is 0.146 e. The van der Waals surface area contributed by atoms with E-state index in [1.807, 2.05) is 31.8 Å². The molecule has 0 aliphatic carbocycles. The molecule has 1 unspecified atom stereocenters. The molecule has 0 radical (unpaired) electrons. The maximum Gasteiger partial charge on any atom is 0.146 e. The van der Waals surface area contributed by atoms with Crippen LogP contribution in [0.5, 0.6) is 0 Å². The van der Waals surface area contributed by atoms with Gasteiger partial charge in [0.25, 0.3) is 0 Å². The summed E-state index contributed by atoms with van der Waals surface area (Å²) < 4.78 is 15.5. The van der Waals surface area contributed by atoms with Crippen LogP contribution in [0.1, 0.15) is 23.0 Å². The minimum atomic E-state index is -0.282. The minimum Gasteiger partial charge on any atom is -0.313 e. The van der Waals surface area contributed by atoms with Crippen molar-refractivity contribution in [3.63, 3.8) is 0 Å². The molecular formula is C13H17FN4. The number of likely N-dealkylation sites (N-methyl/N-ethyl adjacent to an activating group) is 1. The Hall–Kier alpha value is -1.75. The Bertz CT molecular complexity index is 536. The summed E-state index contributed by atoms with van der Waals surface area (Å²) in [7, 11) is 3.73. The van der Waals surface area contributed by atoms with Crippen LogP contribution in [0.4, 0.5) is 4.39 Å². The first-order valence-corrected chi connectivity index (χ1v) is 5.88. The molecule has 0 amide bonds. The van der Waals surface area contributed by atoms with Gasteiger partial charge in [-0.1, -0.05) is 0 Å². The Kier molecular flexibility index (Phi) is 3.72. The molecule has 0 aliphatic heterocycles. The molecule has 0 saturated heterocycles. The summed E-state index contributed by atoms with van der Waals surface area (Å²) in [6, 6.07) is 3.64. The van der Waals surface area contributed by atoms with Crippen molar-refractivity contribution in [1.29, 1.82) is 0 Å². The van der Waals surface area contributed by atoms with Crippen molar-refractivity contribution in [3.8, 4) is 0 Å². The van der Waals surface area contributed by atoms with Crippen LogP contribution in [0, 0.1) is 12.7 Å². The van der Waals surface area contributed by atoms with Crippen LogP contribution in [0.3, 0.4) is 0 Å². The lowest BCUT2D eigenvalue weighted by Crippen LogP contribution is -2.21. The van der Waals surface area contributed by atoms with Crippen molar-refractivity contribution in [1.82, 2.24) is 20.1 Å². The van der Waals surface area contributed by atoms with Crippen molar-refractivity contribution >= 4 is 0 Å². The molecule has 2 rings (SSSR count). The van der Waals surface area contributed by atoms with Gasteiger partial charge < -0.3 is 5.32 Å². The van der Waals surface area contributed by atoms with Crippen molar-refractivity contribution in [2.45, 2.75) is 19.4 Å². The third-order valence-corrected chi connectivity index (χ3v) is 3.04. The highest BCUT2D eigenvalue weighted by Crippen LogP contribution is 2.20. The number of halogens is 1. The summed E-state index contributed by atoms with van der Waals surface area (Å²) in [5.41, 5.74) is 2.67. The fraction of sp³-hybridized carbons (Fsp3) is 0.385. The molecule has 0 bridgehead atoms. The number of rotatable bonds is 4. The number of aryl methyl sites for hydroxylation is 2. The number of aromatic nitrogens is 3. The molecule has 0 saturated carbocycles. The van der Waals surface area contributed by atoms with E-state index in [1.54, 1.807) is 12.3 Å². The molecule has 18 heavy (non-hydrogen) atoms. The molecule has 0 aliphatic rings. The topological polar surface area (TPSA) is 42.7 Å². The van der Waals surface area contributed by atoms with Crippen LogP contribution < -0.4 is 5.32 Å². The van der Waals surface area contributed by atoms with Crippen molar-refractivity contribution in [2.75, 3.05) is 7.05 Å². The molecule has 0 spiro atoms. The molecule has 0 fully saturated rings. The normalized spacial score (nSPS) is 12.7. The first kappa shape index (κ1) is 12.7. The monoisotopic (exact) mass is 248 g/mol. The van der Waals surface area contributed by atoms with Gasteiger partial charge in [-0.25, -0.2) is 4.39 Å². The maximum atomic E-state index is 13.7. The summed E-state index contributed by atoms with van der Waals surface area (Å²) in [5, 5.41) is 7.43. The van der Waals surface area contributed by atoms with E-state index in [9.17, 15) is 4.39 Å². The van der Waals surface area contributed by atoms with E-state index >= 15 is 0 Å². The molecule has 0 aromatic carbocycles. The lowest BCUT2D eigenvalue weighted by Gasteiger charge is -2.17. The summed E-state index contributed by atoms with van der Waals surface area (Å²) >= 11 is 0. The maximum absolute atomic E-state index is 13.7. The largest absolute Gasteiger partial charge is 0.313 e. The Balaban J connectivity index is 2.25. The van der Waals surface area contributed by atoms with Gasteiger partial charge in [-0.05, 0) is 26.1 Å². The lowest BCUT2D eigenvalue weighted by molar-refractivity contribution is 0.517. The van der Waals surface area contributed by atoms with E-state index in [0.717, 1.165) is 11.4 Å². The molecule has 2 heterocycles. The first-order valence-electron chi connectivity index (χ1n) is 5.88. The Morgan fingerprint density at radius 3 is 2.83 bits per heavy atom. The van der Waals surface area contributed by atoms with Gasteiger partial charge in [-0.15, -0.1) is 0 Å². The Morgan fingerprint density at radius 2 is 2.28 bits per heavy atom. The van der Waals surface area contributed by atoms with Gasteiger partial charge in [0.2, 0.25) is 0 Å². The number of nitrogens with one attached hydrogen (secondary N) is 1. The summed E-state index contributed by atoms with van der Waals surface area (Å²) in [5.74, 6) is -0.282. The average molecular weight is 248 g/mol. The fourth-order valence-electron chi connectivity index (χ4n) is 2.10. The third kappa shape index (κ3) is 2.56. The number of hydrogen-bond donors (Lipinski definition) is 1. The van der Waals surface area contributed by atoms with E-state index in [4.69, 9.17) is 0 Å². The summed E-state index contributed by atoms with van der Waals surface area (Å²) in [4.78, 5) is 3.77. The number of pyridine rings is 1. The lowest BCUT2D eigenvalue weighted by atomic mass is 10.0. The Labute approximate surface area is 106 Å². The highest BCUT2D eigenvalue weighted by molar-refractivity contribution is 5.21. The van der Waals surface area contributed by atoms with Gasteiger partial charge in [0.05, 0.1) is 11.9 Å².